The molecule has 2 aliphatic heterocycles. The smallest absolute Gasteiger partial charge is 0.246 e. The number of hydrogen-bond acceptors (Lipinski definition) is 5. The van der Waals surface area contributed by atoms with Crippen LogP contribution >= 0.6 is 11.6 Å². The summed E-state index contributed by atoms with van der Waals surface area (Å²) in [5.74, 6) is -1.70. The lowest BCUT2D eigenvalue weighted by molar-refractivity contribution is -0.143. The lowest BCUT2D eigenvalue weighted by Gasteiger charge is -2.32. The second-order valence-corrected chi connectivity index (χ2v) is 10.9. The first-order valence-corrected chi connectivity index (χ1v) is 14.1. The molecule has 0 saturated carbocycles. The number of hydrogen-bond donors (Lipinski definition) is 3. The van der Waals surface area contributed by atoms with E-state index < -0.39 is 36.0 Å². The predicted octanol–water partition coefficient (Wildman–Crippen LogP) is 2.22. The van der Waals surface area contributed by atoms with Gasteiger partial charge in [-0.3, -0.25) is 24.2 Å². The highest BCUT2D eigenvalue weighted by Gasteiger charge is 2.40. The van der Waals surface area contributed by atoms with Crippen LogP contribution in [0.3, 0.4) is 0 Å². The summed E-state index contributed by atoms with van der Waals surface area (Å²) in [6, 6.07) is 16.3. The number of pyridine rings is 1. The van der Waals surface area contributed by atoms with Gasteiger partial charge >= 0.3 is 0 Å². The quantitative estimate of drug-likeness (QED) is 0.418. The van der Waals surface area contributed by atoms with Gasteiger partial charge in [-0.05, 0) is 47.7 Å². The highest BCUT2D eigenvalue weighted by molar-refractivity contribution is 6.30. The number of amides is 4. The minimum Gasteiger partial charge on any atom is -0.342 e. The van der Waals surface area contributed by atoms with Crippen LogP contribution in [0, 0.1) is 0 Å². The van der Waals surface area contributed by atoms with Crippen molar-refractivity contribution in [3.05, 3.63) is 101 Å². The largest absolute Gasteiger partial charge is 0.342 e. The van der Waals surface area contributed by atoms with E-state index in [9.17, 15) is 19.2 Å². The van der Waals surface area contributed by atoms with E-state index in [1.54, 1.807) is 36.7 Å². The van der Waals surface area contributed by atoms with Gasteiger partial charge in [0.05, 0.1) is 0 Å². The van der Waals surface area contributed by atoms with Gasteiger partial charge in [-0.25, -0.2) is 0 Å². The Morgan fingerprint density at radius 1 is 0.732 bits per heavy atom. The minimum atomic E-state index is -1.02. The molecule has 0 spiro atoms. The molecule has 4 amide bonds. The van der Waals surface area contributed by atoms with E-state index >= 15 is 0 Å². The van der Waals surface area contributed by atoms with E-state index in [1.807, 2.05) is 42.5 Å². The SMILES string of the molecule is O=C1N[C@H](Cc2cccc(Cl)c2)C(=O)N[C@@H](Cc2cccnc2)C(=O)N2CCC[C@@H]2C(=O)N[C@H]1Cc1ccccc1. The van der Waals surface area contributed by atoms with Crippen molar-refractivity contribution in [1.82, 2.24) is 25.8 Å². The number of rotatable bonds is 6. The summed E-state index contributed by atoms with van der Waals surface area (Å²) in [5.41, 5.74) is 2.35. The number of fused-ring (bicyclic) bond motifs is 1. The molecule has 2 aromatic carbocycles. The highest BCUT2D eigenvalue weighted by atomic mass is 35.5. The molecular formula is C31H32ClN5O4. The number of carbonyl (C=O) groups is 4. The lowest BCUT2D eigenvalue weighted by Crippen LogP contribution is -2.62. The number of halogens is 1. The molecule has 3 aromatic rings. The maximum Gasteiger partial charge on any atom is 0.246 e. The first-order valence-electron chi connectivity index (χ1n) is 13.8. The van der Waals surface area contributed by atoms with Crippen LogP contribution < -0.4 is 16.0 Å². The summed E-state index contributed by atoms with van der Waals surface area (Å²) < 4.78 is 0. The molecule has 1 aromatic heterocycles. The van der Waals surface area contributed by atoms with E-state index in [4.69, 9.17) is 11.6 Å². The zero-order chi connectivity index (χ0) is 28.8. The Bertz CT molecular complexity index is 1400. The van der Waals surface area contributed by atoms with Gasteiger partial charge in [-0.15, -0.1) is 0 Å². The third-order valence-electron chi connectivity index (χ3n) is 7.49. The third-order valence-corrected chi connectivity index (χ3v) is 7.73. The first-order chi connectivity index (χ1) is 19.9. The summed E-state index contributed by atoms with van der Waals surface area (Å²) in [5, 5.41) is 9.14. The number of benzene rings is 2. The summed E-state index contributed by atoms with van der Waals surface area (Å²) in [6.07, 6.45) is 4.96. The number of nitrogens with one attached hydrogen (secondary N) is 3. The van der Waals surface area contributed by atoms with Crippen LogP contribution in [0.4, 0.5) is 0 Å². The summed E-state index contributed by atoms with van der Waals surface area (Å²) >= 11 is 6.20. The standard InChI is InChI=1S/C31H32ClN5O4/c32-23-11-4-9-21(15-23)17-25-29(39)36-26(18-22-10-5-13-33-19-22)31(41)37-14-6-12-27(37)30(40)35-24(28(38)34-25)16-20-7-2-1-3-8-20/h1-5,7-11,13,15,19,24-27H,6,12,14,16-18H2,(H,34,38)(H,35,40)(H,36,39)/t24-,25+,26-,27+/m0/s1. The van der Waals surface area contributed by atoms with Gasteiger partial charge in [0.15, 0.2) is 0 Å². The average molecular weight is 574 g/mol. The van der Waals surface area contributed by atoms with E-state index in [-0.39, 0.29) is 31.1 Å². The maximum absolute atomic E-state index is 13.9. The Morgan fingerprint density at radius 3 is 2.07 bits per heavy atom. The van der Waals surface area contributed by atoms with Gasteiger partial charge in [0, 0.05) is 43.2 Å². The van der Waals surface area contributed by atoms with Crippen LogP contribution in [0.25, 0.3) is 0 Å². The Hall–Kier alpha value is -4.24. The molecule has 0 aliphatic carbocycles. The molecule has 0 radical (unpaired) electrons. The van der Waals surface area contributed by atoms with Crippen LogP contribution in [0.1, 0.15) is 29.5 Å². The topological polar surface area (TPSA) is 120 Å². The Kier molecular flexibility index (Phi) is 8.94. The first kappa shape index (κ1) is 28.3. The van der Waals surface area contributed by atoms with Crippen molar-refractivity contribution in [3.8, 4) is 0 Å². The van der Waals surface area contributed by atoms with E-state index in [2.05, 4.69) is 20.9 Å². The van der Waals surface area contributed by atoms with Crippen LogP contribution in [0.15, 0.2) is 79.1 Å². The van der Waals surface area contributed by atoms with Crippen LogP contribution in [0.2, 0.25) is 5.02 Å². The molecule has 3 heterocycles. The third kappa shape index (κ3) is 7.10. The van der Waals surface area contributed by atoms with Gasteiger partial charge in [-0.2, -0.15) is 0 Å². The predicted molar refractivity (Wildman–Crippen MR) is 154 cm³/mol. The molecule has 2 aliphatic rings. The minimum absolute atomic E-state index is 0.143. The summed E-state index contributed by atoms with van der Waals surface area (Å²) in [4.78, 5) is 60.6. The zero-order valence-corrected chi connectivity index (χ0v) is 23.2. The van der Waals surface area contributed by atoms with E-state index in [1.165, 1.54) is 4.90 Å². The van der Waals surface area contributed by atoms with Gasteiger partial charge < -0.3 is 20.9 Å². The van der Waals surface area contributed by atoms with Crippen molar-refractivity contribution >= 4 is 35.2 Å². The van der Waals surface area contributed by atoms with Crippen molar-refractivity contribution in [2.45, 2.75) is 56.3 Å². The fourth-order valence-corrected chi connectivity index (χ4v) is 5.65. The Morgan fingerprint density at radius 2 is 1.37 bits per heavy atom. The monoisotopic (exact) mass is 573 g/mol. The van der Waals surface area contributed by atoms with Crippen LogP contribution in [-0.2, 0) is 38.4 Å². The van der Waals surface area contributed by atoms with Gasteiger partial charge in [-0.1, -0.05) is 60.1 Å². The Labute approximate surface area is 243 Å². The summed E-state index contributed by atoms with van der Waals surface area (Å²) in [6.45, 7) is 0.387. The normalized spacial score (nSPS) is 23.5. The molecule has 0 unspecified atom stereocenters. The van der Waals surface area contributed by atoms with E-state index in [0.29, 0.717) is 24.4 Å². The van der Waals surface area contributed by atoms with Gasteiger partial charge in [0.25, 0.3) is 0 Å². The molecule has 41 heavy (non-hydrogen) atoms. The molecular weight excluding hydrogens is 542 g/mol. The van der Waals surface area contributed by atoms with Gasteiger partial charge in [0.2, 0.25) is 23.6 Å². The van der Waals surface area contributed by atoms with Crippen molar-refractivity contribution in [1.29, 1.82) is 0 Å². The molecule has 9 nitrogen and oxygen atoms in total. The lowest BCUT2D eigenvalue weighted by atomic mass is 10.00. The van der Waals surface area contributed by atoms with Crippen molar-refractivity contribution in [2.24, 2.45) is 0 Å². The molecule has 5 rings (SSSR count). The highest BCUT2D eigenvalue weighted by Crippen LogP contribution is 2.21. The van der Waals surface area contributed by atoms with Crippen molar-refractivity contribution in [3.63, 3.8) is 0 Å². The number of carbonyl (C=O) groups excluding carboxylic acids is 4. The molecule has 2 saturated heterocycles. The Balaban J connectivity index is 1.49. The fourth-order valence-electron chi connectivity index (χ4n) is 5.44. The molecule has 10 heteroatoms. The molecule has 212 valence electrons. The second-order valence-electron chi connectivity index (χ2n) is 10.5. The molecule has 4 atom stereocenters. The van der Waals surface area contributed by atoms with Crippen LogP contribution in [0.5, 0.6) is 0 Å². The molecule has 2 fully saturated rings. The van der Waals surface area contributed by atoms with Gasteiger partial charge in [0.1, 0.15) is 24.2 Å². The number of aromatic nitrogens is 1. The van der Waals surface area contributed by atoms with E-state index in [0.717, 1.165) is 16.7 Å². The van der Waals surface area contributed by atoms with Crippen molar-refractivity contribution < 1.29 is 19.2 Å². The van der Waals surface area contributed by atoms with Crippen molar-refractivity contribution in [2.75, 3.05) is 6.54 Å². The van der Waals surface area contributed by atoms with Crippen LogP contribution in [-0.4, -0.2) is 64.2 Å². The molecule has 0 bridgehead atoms. The zero-order valence-electron chi connectivity index (χ0n) is 22.5. The fraction of sp³-hybridized carbons (Fsp3) is 0.323. The summed E-state index contributed by atoms with van der Waals surface area (Å²) in [7, 11) is 0. The molecule has 3 N–H and O–H groups in total. The number of nitrogens with zero attached hydrogens (tertiary/aromatic N) is 2. The average Bonchev–Trinajstić information content (AvgIpc) is 3.47. The maximum atomic E-state index is 13.9. The second kappa shape index (κ2) is 13.0.